The highest BCUT2D eigenvalue weighted by molar-refractivity contribution is 6.05. The molecule has 3 aromatic rings. The molecule has 4 heterocycles. The van der Waals surface area contributed by atoms with Crippen molar-refractivity contribution in [3.05, 3.63) is 94.9 Å². The number of rotatable bonds is 21. The fraction of sp³-hybridized carbons (Fsp3) is 0.488. The van der Waals surface area contributed by atoms with Crippen LogP contribution in [0.3, 0.4) is 0 Å². The Hall–Kier alpha value is -6.90. The molecule has 5 rings (SSSR count). The Morgan fingerprint density at radius 2 is 1.72 bits per heavy atom. The first-order valence-corrected chi connectivity index (χ1v) is 21.5. The van der Waals surface area contributed by atoms with Crippen LogP contribution in [0.5, 0.6) is 0 Å². The van der Waals surface area contributed by atoms with Gasteiger partial charge >= 0.3 is 0 Å². The Kier molecular flexibility index (Phi) is 23.6. The van der Waals surface area contributed by atoms with Crippen molar-refractivity contribution in [1.82, 2.24) is 45.3 Å². The molecular formula is C43H62N16O5. The van der Waals surface area contributed by atoms with Crippen LogP contribution in [0.2, 0.25) is 0 Å². The minimum atomic E-state index is -0.456. The van der Waals surface area contributed by atoms with Crippen LogP contribution in [-0.4, -0.2) is 121 Å². The van der Waals surface area contributed by atoms with E-state index in [0.29, 0.717) is 62.2 Å². The van der Waals surface area contributed by atoms with Gasteiger partial charge in [-0.15, -0.1) is 10.2 Å². The van der Waals surface area contributed by atoms with E-state index in [9.17, 15) is 19.2 Å². The van der Waals surface area contributed by atoms with Crippen molar-refractivity contribution < 1.29 is 19.2 Å². The zero-order valence-electron chi connectivity index (χ0n) is 36.8. The number of aryl methyl sites for hydroxylation is 2. The Morgan fingerprint density at radius 3 is 2.39 bits per heavy atom. The number of hydrogen-bond donors (Lipinski definition) is 6. The summed E-state index contributed by atoms with van der Waals surface area (Å²) in [4.78, 5) is 62.5. The number of anilines is 1. The molecule has 0 bridgehead atoms. The molecule has 0 unspecified atom stereocenters. The number of nitrogens with two attached hydrogens (primary N) is 1. The first kappa shape index (κ1) is 51.5. The number of carbonyl (C=O) groups excluding carboxylic acids is 4. The van der Waals surface area contributed by atoms with Crippen molar-refractivity contribution in [1.29, 1.82) is 16.5 Å². The normalized spacial score (nSPS) is 14.6. The lowest BCUT2D eigenvalue weighted by Gasteiger charge is -2.31. The van der Waals surface area contributed by atoms with Gasteiger partial charge < -0.3 is 26.7 Å². The molecule has 2 saturated heterocycles. The molecule has 64 heavy (non-hydrogen) atoms. The van der Waals surface area contributed by atoms with Gasteiger partial charge in [-0.2, -0.15) is 20.5 Å². The lowest BCUT2D eigenvalue weighted by Crippen LogP contribution is -2.38. The summed E-state index contributed by atoms with van der Waals surface area (Å²) in [5.41, 5.74) is 20.2. The number of piperidine rings is 2. The number of carbonyl (C=O) groups is 4. The van der Waals surface area contributed by atoms with Crippen LogP contribution in [0.25, 0.3) is 0 Å². The largest absolute Gasteiger partial charge is 0.384 e. The molecule has 2 aliphatic rings. The summed E-state index contributed by atoms with van der Waals surface area (Å²) in [7, 11) is 1.56. The fourth-order valence-electron chi connectivity index (χ4n) is 6.91. The van der Waals surface area contributed by atoms with Gasteiger partial charge in [0.25, 0.3) is 11.8 Å². The maximum absolute atomic E-state index is 12.5. The van der Waals surface area contributed by atoms with E-state index in [-0.39, 0.29) is 30.1 Å². The number of allylic oxidation sites excluding steroid dienone is 2. The molecule has 0 saturated carbocycles. The van der Waals surface area contributed by atoms with Crippen molar-refractivity contribution >= 4 is 41.0 Å². The summed E-state index contributed by atoms with van der Waals surface area (Å²) in [6, 6.07) is 14.3. The van der Waals surface area contributed by atoms with Crippen molar-refractivity contribution in [2.24, 2.45) is 15.9 Å². The molecular weight excluding hydrogens is 821 g/mol. The Morgan fingerprint density at radius 1 is 0.953 bits per heavy atom. The van der Waals surface area contributed by atoms with Crippen LogP contribution in [0, 0.1) is 21.4 Å². The number of aliphatic imine (C=N–C) groups is 1. The van der Waals surface area contributed by atoms with E-state index < -0.39 is 5.91 Å². The van der Waals surface area contributed by atoms with Gasteiger partial charge in [0.1, 0.15) is 12.4 Å². The van der Waals surface area contributed by atoms with E-state index >= 15 is 0 Å². The quantitative estimate of drug-likeness (QED) is 0.0206. The number of likely N-dealkylation sites (tertiary alicyclic amines) is 2. The number of nitroso groups, excluding NO2 is 1. The van der Waals surface area contributed by atoms with E-state index in [4.69, 9.17) is 21.6 Å². The molecule has 0 aliphatic carbocycles. The second kappa shape index (κ2) is 29.4. The molecule has 21 heteroatoms. The molecule has 7 N–H and O–H groups in total. The summed E-state index contributed by atoms with van der Waals surface area (Å²) in [6.45, 7) is 5.90. The maximum atomic E-state index is 12.5. The molecule has 4 amide bonds. The SMILES string of the molecule is C/C=C/N(CCCCC(=N)/C=C\C(N)=NC(=O)CN1CCCCC1=O)N=N.CNC(=O)c1cn(CCCCc2ccc(NC(=O)CN3CCC(c4ccccc4)CC3)nn2)nn1.N=O. The second-order valence-electron chi connectivity index (χ2n) is 15.1. The number of nitrogens with one attached hydrogen (secondary N) is 5. The zero-order valence-corrected chi connectivity index (χ0v) is 36.8. The average Bonchev–Trinajstić information content (AvgIpc) is 3.79. The third-order valence-electron chi connectivity index (χ3n) is 10.3. The van der Waals surface area contributed by atoms with Crippen LogP contribution in [-0.2, 0) is 27.3 Å². The number of aromatic nitrogens is 5. The molecule has 2 fully saturated rings. The molecule has 2 aromatic heterocycles. The third-order valence-corrected chi connectivity index (χ3v) is 10.3. The first-order chi connectivity index (χ1) is 31.1. The van der Waals surface area contributed by atoms with E-state index in [1.807, 2.05) is 25.1 Å². The number of unbranched alkanes of at least 4 members (excludes halogenated alkanes) is 2. The van der Waals surface area contributed by atoms with Crippen LogP contribution in [0.4, 0.5) is 5.82 Å². The maximum Gasteiger partial charge on any atom is 0.273 e. The van der Waals surface area contributed by atoms with Crippen molar-refractivity contribution in [3.8, 4) is 0 Å². The third kappa shape index (κ3) is 19.4. The Bertz CT molecular complexity index is 2010. The van der Waals surface area contributed by atoms with Gasteiger partial charge in [-0.25, -0.2) is 0 Å². The number of benzene rings is 1. The molecule has 0 atom stereocenters. The molecule has 2 aliphatic heterocycles. The van der Waals surface area contributed by atoms with Gasteiger partial charge in [0, 0.05) is 45.0 Å². The van der Waals surface area contributed by atoms with Gasteiger partial charge in [-0.1, -0.05) is 52.4 Å². The van der Waals surface area contributed by atoms with Gasteiger partial charge in [-0.05, 0) is 120 Å². The predicted molar refractivity (Wildman–Crippen MR) is 242 cm³/mol. The number of amidine groups is 1. The average molecular weight is 883 g/mol. The lowest BCUT2D eigenvalue weighted by atomic mass is 9.89. The van der Waals surface area contributed by atoms with Crippen LogP contribution in [0.1, 0.15) is 98.8 Å². The number of amides is 4. The minimum absolute atomic E-state index is 0.0214. The van der Waals surface area contributed by atoms with Crippen LogP contribution < -0.4 is 16.4 Å². The lowest BCUT2D eigenvalue weighted by molar-refractivity contribution is -0.136. The van der Waals surface area contributed by atoms with Gasteiger partial charge in [0.2, 0.25) is 11.8 Å². The monoisotopic (exact) mass is 883 g/mol. The molecule has 0 spiro atoms. The summed E-state index contributed by atoms with van der Waals surface area (Å²) in [5.74, 6) is 0.295. The van der Waals surface area contributed by atoms with E-state index in [1.165, 1.54) is 27.6 Å². The van der Waals surface area contributed by atoms with E-state index in [2.05, 4.69) is 76.1 Å². The highest BCUT2D eigenvalue weighted by atomic mass is 16.2. The minimum Gasteiger partial charge on any atom is -0.384 e. The molecule has 21 nitrogen and oxygen atoms in total. The van der Waals surface area contributed by atoms with E-state index in [1.54, 1.807) is 30.2 Å². The van der Waals surface area contributed by atoms with Crippen LogP contribution >= 0.6 is 0 Å². The smallest absolute Gasteiger partial charge is 0.273 e. The zero-order chi connectivity index (χ0) is 46.5. The van der Waals surface area contributed by atoms with Crippen molar-refractivity contribution in [2.75, 3.05) is 51.6 Å². The van der Waals surface area contributed by atoms with Gasteiger partial charge in [-0.3, -0.25) is 33.8 Å². The number of hydrogen-bond acceptors (Lipinski definition) is 14. The summed E-state index contributed by atoms with van der Waals surface area (Å²) < 4.78 is 1.67. The first-order valence-electron chi connectivity index (χ1n) is 21.5. The van der Waals surface area contributed by atoms with Gasteiger partial charge in [0.05, 0.1) is 18.4 Å². The topological polar surface area (TPSA) is 298 Å². The molecule has 0 radical (unpaired) electrons. The molecule has 344 valence electrons. The Balaban J connectivity index is 0.000000339. The van der Waals surface area contributed by atoms with Gasteiger partial charge in [0.15, 0.2) is 11.5 Å². The summed E-state index contributed by atoms with van der Waals surface area (Å²) >= 11 is 0. The predicted octanol–water partition coefficient (Wildman–Crippen LogP) is 5.01. The number of nitrogens with zero attached hydrogens (tertiary/aromatic N) is 10. The fourth-order valence-corrected chi connectivity index (χ4v) is 6.91. The summed E-state index contributed by atoms with van der Waals surface area (Å²) in [5, 5.41) is 34.4. The van der Waals surface area contributed by atoms with Crippen LogP contribution in [0.15, 0.2) is 83.3 Å². The van der Waals surface area contributed by atoms with Crippen molar-refractivity contribution in [2.45, 2.75) is 90.0 Å². The highest BCUT2D eigenvalue weighted by Crippen LogP contribution is 2.27. The second-order valence-corrected chi connectivity index (χ2v) is 15.1. The molecule has 1 aromatic carbocycles. The van der Waals surface area contributed by atoms with Crippen molar-refractivity contribution in [3.63, 3.8) is 0 Å². The summed E-state index contributed by atoms with van der Waals surface area (Å²) in [6.07, 6.45) is 17.2. The van der Waals surface area contributed by atoms with E-state index in [0.717, 1.165) is 76.6 Å². The highest BCUT2D eigenvalue weighted by Gasteiger charge is 2.22. The Labute approximate surface area is 373 Å². The standard InChI is InChI=1S/C25H32N8O2.C18H29N7O2.HNO/c1-26-25(35)22-17-33(31-29-22)14-6-5-9-21-10-11-23(30-28-21)27-24(34)18-32-15-12-20(13-16-32)19-7-3-2-4-8-19;1-2-11-25(23-21)13-6-3-7-15(19)9-10-16(20)22-17(26)14-24-12-5-4-8-18(24)27;1-2/h2-4,7-8,10-11,17,20H,5-6,9,12-16,18H2,1H3,(H,26,35)(H,27,30,34);2,9-11,19,21H,3-8,12-14H2,1H3,(H2,20,22,26);1H/b;10-9-,11-2+,19-15?,23-21?;.